The van der Waals surface area contributed by atoms with Crippen LogP contribution in [0.1, 0.15) is 21.5 Å². The van der Waals surface area contributed by atoms with Gasteiger partial charge in [0.25, 0.3) is 5.91 Å². The molecule has 8 heteroatoms. The van der Waals surface area contributed by atoms with Crippen molar-refractivity contribution in [2.24, 2.45) is 4.99 Å². The third-order valence-corrected chi connectivity index (χ3v) is 6.48. The number of fused-ring (bicyclic) bond motifs is 1. The zero-order chi connectivity index (χ0) is 24.4. The molecule has 3 aromatic rings. The molecule has 0 aliphatic carbocycles. The molecule has 3 aromatic carbocycles. The summed E-state index contributed by atoms with van der Waals surface area (Å²) in [6.45, 7) is 2.16. The SMILES string of the molecule is COc1cccc(C(=O)CSC2=N/C(=C\c3ccc4c(c3)OCO4)C(=O)N2c2ccc(C)cc2)c1. The van der Waals surface area contributed by atoms with Gasteiger partial charge in [-0.1, -0.05) is 47.7 Å². The standard InChI is InChI=1S/C27H22N2O5S/c1-17-6-9-20(10-7-17)29-26(31)22(12-18-8-11-24-25(13-18)34-16-33-24)28-27(29)35-15-23(30)19-4-3-5-21(14-19)32-2/h3-14H,15-16H2,1-2H3/b22-12-. The van der Waals surface area contributed by atoms with Crippen LogP contribution >= 0.6 is 11.8 Å². The average molecular weight is 487 g/mol. The van der Waals surface area contributed by atoms with E-state index in [4.69, 9.17) is 14.2 Å². The van der Waals surface area contributed by atoms with E-state index < -0.39 is 0 Å². The molecule has 0 fully saturated rings. The summed E-state index contributed by atoms with van der Waals surface area (Å²) in [7, 11) is 1.56. The largest absolute Gasteiger partial charge is 0.497 e. The number of Topliss-reactive ketones (excluding diaryl/α,β-unsaturated/α-hetero) is 1. The van der Waals surface area contributed by atoms with E-state index in [0.29, 0.717) is 33.7 Å². The normalized spacial score (nSPS) is 15.5. The minimum Gasteiger partial charge on any atom is -0.497 e. The van der Waals surface area contributed by atoms with E-state index >= 15 is 0 Å². The van der Waals surface area contributed by atoms with Crippen LogP contribution in [0, 0.1) is 6.92 Å². The lowest BCUT2D eigenvalue weighted by Crippen LogP contribution is -2.30. The van der Waals surface area contributed by atoms with Gasteiger partial charge < -0.3 is 14.2 Å². The Kier molecular flexibility index (Phi) is 6.29. The summed E-state index contributed by atoms with van der Waals surface area (Å²) in [5.41, 5.74) is 3.36. The molecular formula is C27H22N2O5S. The quantitative estimate of drug-likeness (QED) is 0.357. The summed E-state index contributed by atoms with van der Waals surface area (Å²) in [5, 5.41) is 0.446. The van der Waals surface area contributed by atoms with Crippen LogP contribution in [0.4, 0.5) is 5.69 Å². The molecule has 0 saturated heterocycles. The van der Waals surface area contributed by atoms with Crippen molar-refractivity contribution in [3.8, 4) is 17.2 Å². The molecule has 0 spiro atoms. The zero-order valence-electron chi connectivity index (χ0n) is 19.2. The van der Waals surface area contributed by atoms with Gasteiger partial charge in [-0.05, 0) is 55.0 Å². The molecule has 7 nitrogen and oxygen atoms in total. The number of thioether (sulfide) groups is 1. The number of aryl methyl sites for hydroxylation is 1. The van der Waals surface area contributed by atoms with Gasteiger partial charge in [-0.25, -0.2) is 4.99 Å². The molecule has 2 aliphatic heterocycles. The van der Waals surface area contributed by atoms with E-state index in [1.807, 2.05) is 43.3 Å². The molecule has 0 bridgehead atoms. The number of benzene rings is 3. The second-order valence-electron chi connectivity index (χ2n) is 7.96. The summed E-state index contributed by atoms with van der Waals surface area (Å²) >= 11 is 1.22. The predicted molar refractivity (Wildman–Crippen MR) is 136 cm³/mol. The molecule has 1 amide bonds. The molecule has 176 valence electrons. The van der Waals surface area contributed by atoms with E-state index in [1.165, 1.54) is 11.8 Å². The Hall–Kier alpha value is -4.04. The number of methoxy groups -OCH3 is 1. The van der Waals surface area contributed by atoms with E-state index in [1.54, 1.807) is 48.4 Å². The summed E-state index contributed by atoms with van der Waals surface area (Å²) < 4.78 is 16.0. The fourth-order valence-electron chi connectivity index (χ4n) is 3.69. The van der Waals surface area contributed by atoms with Crippen molar-refractivity contribution in [1.82, 2.24) is 0 Å². The van der Waals surface area contributed by atoms with E-state index in [9.17, 15) is 9.59 Å². The number of carbonyl (C=O) groups excluding carboxylic acids is 2. The monoisotopic (exact) mass is 486 g/mol. The van der Waals surface area contributed by atoms with Crippen LogP contribution in [0.3, 0.4) is 0 Å². The van der Waals surface area contributed by atoms with E-state index in [-0.39, 0.29) is 29.9 Å². The second-order valence-corrected chi connectivity index (χ2v) is 8.90. The molecule has 0 saturated carbocycles. The van der Waals surface area contributed by atoms with Crippen LogP contribution in [0.5, 0.6) is 17.2 Å². The minimum atomic E-state index is -0.261. The van der Waals surface area contributed by atoms with Crippen LogP contribution in [-0.4, -0.2) is 36.5 Å². The number of nitrogens with zero attached hydrogens (tertiary/aromatic N) is 2. The van der Waals surface area contributed by atoms with Crippen molar-refractivity contribution >= 4 is 40.4 Å². The molecule has 35 heavy (non-hydrogen) atoms. The van der Waals surface area contributed by atoms with Gasteiger partial charge in [0.05, 0.1) is 18.6 Å². The molecule has 0 unspecified atom stereocenters. The second kappa shape index (κ2) is 9.68. The first-order valence-corrected chi connectivity index (χ1v) is 11.9. The lowest BCUT2D eigenvalue weighted by atomic mass is 10.1. The number of amides is 1. The Bertz CT molecular complexity index is 1360. The molecule has 5 rings (SSSR count). The van der Waals surface area contributed by atoms with E-state index in [0.717, 1.165) is 11.1 Å². The molecule has 0 aromatic heterocycles. The maximum atomic E-state index is 13.4. The maximum absolute atomic E-state index is 13.4. The third-order valence-electron chi connectivity index (χ3n) is 5.55. The lowest BCUT2D eigenvalue weighted by Gasteiger charge is -2.18. The van der Waals surface area contributed by atoms with Gasteiger partial charge in [0.15, 0.2) is 22.4 Å². The van der Waals surface area contributed by atoms with Crippen molar-refractivity contribution in [3.05, 3.63) is 89.1 Å². The van der Waals surface area contributed by atoms with Crippen molar-refractivity contribution < 1.29 is 23.8 Å². The number of carbonyl (C=O) groups is 2. The zero-order valence-corrected chi connectivity index (χ0v) is 20.0. The Balaban J connectivity index is 1.43. The number of rotatable bonds is 6. The third kappa shape index (κ3) is 4.79. The Morgan fingerprint density at radius 2 is 1.89 bits per heavy atom. The number of ether oxygens (including phenoxy) is 3. The Morgan fingerprint density at radius 1 is 1.09 bits per heavy atom. The number of amidine groups is 1. The molecule has 2 aliphatic rings. The van der Waals surface area contributed by atoms with Crippen molar-refractivity contribution in [3.63, 3.8) is 0 Å². The van der Waals surface area contributed by atoms with Gasteiger partial charge in [-0.3, -0.25) is 14.5 Å². The van der Waals surface area contributed by atoms with E-state index in [2.05, 4.69) is 4.99 Å². The molecule has 0 radical (unpaired) electrons. The van der Waals surface area contributed by atoms with Gasteiger partial charge in [0.1, 0.15) is 11.4 Å². The van der Waals surface area contributed by atoms with Gasteiger partial charge in [0.2, 0.25) is 6.79 Å². The van der Waals surface area contributed by atoms with Crippen LogP contribution < -0.4 is 19.1 Å². The van der Waals surface area contributed by atoms with Gasteiger partial charge in [-0.2, -0.15) is 0 Å². The average Bonchev–Trinajstić information content (AvgIpc) is 3.47. The van der Waals surface area contributed by atoms with Crippen molar-refractivity contribution in [1.29, 1.82) is 0 Å². The number of anilines is 1. The fourth-order valence-corrected chi connectivity index (χ4v) is 4.59. The predicted octanol–water partition coefficient (Wildman–Crippen LogP) is 5.09. The maximum Gasteiger partial charge on any atom is 0.283 e. The number of ketones is 1. The summed E-state index contributed by atoms with van der Waals surface area (Å²) in [4.78, 5) is 32.4. The highest BCUT2D eigenvalue weighted by Gasteiger charge is 2.32. The van der Waals surface area contributed by atoms with Gasteiger partial charge >= 0.3 is 0 Å². The summed E-state index contributed by atoms with van der Waals surface area (Å²) in [5.74, 6) is 1.69. The molecule has 2 heterocycles. The number of hydrogen-bond donors (Lipinski definition) is 0. The highest BCUT2D eigenvalue weighted by atomic mass is 32.2. The Morgan fingerprint density at radius 3 is 2.69 bits per heavy atom. The van der Waals surface area contributed by atoms with Crippen LogP contribution in [0.15, 0.2) is 77.4 Å². The topological polar surface area (TPSA) is 77.4 Å². The molecule has 0 N–H and O–H groups in total. The van der Waals surface area contributed by atoms with Crippen molar-refractivity contribution in [2.45, 2.75) is 6.92 Å². The first kappa shape index (κ1) is 22.7. The van der Waals surface area contributed by atoms with Crippen LogP contribution in [0.25, 0.3) is 6.08 Å². The van der Waals surface area contributed by atoms with Crippen molar-refractivity contribution in [2.75, 3.05) is 24.6 Å². The summed E-state index contributed by atoms with van der Waals surface area (Å²) in [6, 6.07) is 20.1. The summed E-state index contributed by atoms with van der Waals surface area (Å²) in [6.07, 6.45) is 1.71. The van der Waals surface area contributed by atoms with Crippen LogP contribution in [0.2, 0.25) is 0 Å². The minimum absolute atomic E-state index is 0.0823. The first-order valence-electron chi connectivity index (χ1n) is 10.9. The fraction of sp³-hybridized carbons (Fsp3) is 0.148. The number of hydrogen-bond acceptors (Lipinski definition) is 7. The smallest absolute Gasteiger partial charge is 0.283 e. The lowest BCUT2D eigenvalue weighted by molar-refractivity contribution is -0.113. The Labute approximate surface area is 207 Å². The highest BCUT2D eigenvalue weighted by Crippen LogP contribution is 2.35. The molecular weight excluding hydrogens is 464 g/mol. The molecule has 0 atom stereocenters. The first-order chi connectivity index (χ1) is 17.0. The highest BCUT2D eigenvalue weighted by molar-refractivity contribution is 8.14. The van der Waals surface area contributed by atoms with Gasteiger partial charge in [0, 0.05) is 5.56 Å². The van der Waals surface area contributed by atoms with Gasteiger partial charge in [-0.15, -0.1) is 0 Å². The number of aliphatic imine (C=N–C) groups is 1. The van der Waals surface area contributed by atoms with Crippen LogP contribution in [-0.2, 0) is 4.79 Å².